The molecule has 0 saturated carbocycles. The standard InChI is InChI=1S/C10H11N3O.C9H7NO3/c1-7-3-2-4-8(9(7)12)10(14)13-6-5-11;1-5-3-2-4-6-7(5)10-9(12)13-8(6)11/h2-4H,6,12H2,1H3,(H,13,14);2-4H,1H3,(H,10,12). The number of nitrogen functional groups attached to an aromatic ring is 1. The molecule has 8 heteroatoms. The summed E-state index contributed by atoms with van der Waals surface area (Å²) in [4.78, 5) is 35.9. The molecule has 3 aromatic rings. The van der Waals surface area contributed by atoms with Crippen molar-refractivity contribution in [2.24, 2.45) is 0 Å². The van der Waals surface area contributed by atoms with Gasteiger partial charge in [0, 0.05) is 5.69 Å². The quantitative estimate of drug-likeness (QED) is 0.465. The minimum atomic E-state index is -0.716. The Morgan fingerprint density at radius 2 is 1.85 bits per heavy atom. The average Bonchev–Trinajstić information content (AvgIpc) is 2.63. The maximum absolute atomic E-state index is 11.4. The smallest absolute Gasteiger partial charge is 0.398 e. The summed E-state index contributed by atoms with van der Waals surface area (Å²) in [6.07, 6.45) is 0. The number of carbonyl (C=O) groups excluding carboxylic acids is 1. The monoisotopic (exact) mass is 366 g/mol. The van der Waals surface area contributed by atoms with Crippen molar-refractivity contribution < 1.29 is 9.21 Å². The van der Waals surface area contributed by atoms with Gasteiger partial charge in [-0.2, -0.15) is 5.26 Å². The van der Waals surface area contributed by atoms with Crippen molar-refractivity contribution in [2.75, 3.05) is 12.3 Å². The van der Waals surface area contributed by atoms with Crippen molar-refractivity contribution in [1.82, 2.24) is 10.3 Å². The lowest BCUT2D eigenvalue weighted by Crippen LogP contribution is -2.24. The van der Waals surface area contributed by atoms with Crippen LogP contribution in [0.25, 0.3) is 10.9 Å². The highest BCUT2D eigenvalue weighted by atomic mass is 16.4. The zero-order valence-electron chi connectivity index (χ0n) is 14.8. The number of aromatic amines is 1. The Morgan fingerprint density at radius 1 is 1.19 bits per heavy atom. The molecule has 3 rings (SSSR count). The lowest BCUT2D eigenvalue weighted by molar-refractivity contribution is 0.0959. The number of hydrogen-bond acceptors (Lipinski definition) is 6. The fourth-order valence-electron chi connectivity index (χ4n) is 2.36. The van der Waals surface area contributed by atoms with Crippen LogP contribution in [-0.4, -0.2) is 17.4 Å². The Morgan fingerprint density at radius 3 is 2.56 bits per heavy atom. The molecule has 0 radical (unpaired) electrons. The molecule has 0 aliphatic carbocycles. The van der Waals surface area contributed by atoms with Crippen molar-refractivity contribution in [3.05, 3.63) is 74.1 Å². The fraction of sp³-hybridized carbons (Fsp3) is 0.158. The van der Waals surface area contributed by atoms with E-state index in [-0.39, 0.29) is 12.5 Å². The molecule has 0 aliphatic heterocycles. The normalized spacial score (nSPS) is 9.81. The lowest BCUT2D eigenvalue weighted by atomic mass is 10.1. The molecule has 138 valence electrons. The van der Waals surface area contributed by atoms with E-state index in [1.165, 1.54) is 0 Å². The molecular weight excluding hydrogens is 348 g/mol. The average molecular weight is 366 g/mol. The topological polar surface area (TPSA) is 142 Å². The Hall–Kier alpha value is -3.86. The molecule has 0 aliphatic rings. The van der Waals surface area contributed by atoms with Gasteiger partial charge >= 0.3 is 11.4 Å². The summed E-state index contributed by atoms with van der Waals surface area (Å²) in [5.41, 5.74) is 8.25. The number of rotatable bonds is 2. The molecule has 1 aromatic heterocycles. The van der Waals surface area contributed by atoms with Gasteiger partial charge in [0.05, 0.1) is 22.5 Å². The van der Waals surface area contributed by atoms with Gasteiger partial charge in [0.15, 0.2) is 0 Å². The SMILES string of the molecule is Cc1cccc(C(=O)NCC#N)c1N.Cc1cccc2c(=O)oc(=O)[nH]c12. The second-order valence-corrected chi connectivity index (χ2v) is 5.68. The van der Waals surface area contributed by atoms with Gasteiger partial charge in [-0.15, -0.1) is 0 Å². The molecule has 0 spiro atoms. The summed E-state index contributed by atoms with van der Waals surface area (Å²) >= 11 is 0. The van der Waals surface area contributed by atoms with Gasteiger partial charge < -0.3 is 15.5 Å². The maximum Gasteiger partial charge on any atom is 0.419 e. The number of aryl methyl sites for hydroxylation is 2. The van der Waals surface area contributed by atoms with Gasteiger partial charge in [0.2, 0.25) is 0 Å². The van der Waals surface area contributed by atoms with E-state index in [1.54, 1.807) is 24.3 Å². The summed E-state index contributed by atoms with van der Waals surface area (Å²) in [5, 5.41) is 11.1. The van der Waals surface area contributed by atoms with Crippen LogP contribution in [0.2, 0.25) is 0 Å². The number of anilines is 1. The zero-order valence-corrected chi connectivity index (χ0v) is 14.8. The third-order valence-corrected chi connectivity index (χ3v) is 3.80. The second-order valence-electron chi connectivity index (χ2n) is 5.68. The van der Waals surface area contributed by atoms with E-state index in [4.69, 9.17) is 11.0 Å². The molecule has 4 N–H and O–H groups in total. The minimum absolute atomic E-state index is 0.00772. The minimum Gasteiger partial charge on any atom is -0.398 e. The molecule has 0 bridgehead atoms. The first-order chi connectivity index (χ1) is 12.8. The summed E-state index contributed by atoms with van der Waals surface area (Å²) in [7, 11) is 0. The zero-order chi connectivity index (χ0) is 20.0. The highest BCUT2D eigenvalue weighted by molar-refractivity contribution is 5.99. The number of nitriles is 1. The van der Waals surface area contributed by atoms with Gasteiger partial charge in [-0.3, -0.25) is 9.78 Å². The van der Waals surface area contributed by atoms with E-state index < -0.39 is 11.4 Å². The molecule has 2 aromatic carbocycles. The van der Waals surface area contributed by atoms with Gasteiger partial charge in [0.25, 0.3) is 5.91 Å². The van der Waals surface area contributed by atoms with Crippen LogP contribution in [0.1, 0.15) is 21.5 Å². The highest BCUT2D eigenvalue weighted by Gasteiger charge is 2.09. The van der Waals surface area contributed by atoms with Gasteiger partial charge in [-0.05, 0) is 37.1 Å². The lowest BCUT2D eigenvalue weighted by Gasteiger charge is -2.06. The van der Waals surface area contributed by atoms with Crippen LogP contribution >= 0.6 is 0 Å². The van der Waals surface area contributed by atoms with Crippen LogP contribution in [0.5, 0.6) is 0 Å². The van der Waals surface area contributed by atoms with Crippen LogP contribution in [0.15, 0.2) is 50.4 Å². The number of H-pyrrole nitrogens is 1. The van der Waals surface area contributed by atoms with Crippen molar-refractivity contribution in [2.45, 2.75) is 13.8 Å². The van der Waals surface area contributed by atoms with Crippen LogP contribution in [0.3, 0.4) is 0 Å². The number of carbonyl (C=O) groups is 1. The summed E-state index contributed by atoms with van der Waals surface area (Å²) < 4.78 is 4.38. The van der Waals surface area contributed by atoms with Gasteiger partial charge in [0.1, 0.15) is 6.54 Å². The molecule has 0 saturated heterocycles. The maximum atomic E-state index is 11.4. The summed E-state index contributed by atoms with van der Waals surface area (Å²) in [5.74, 6) is -1.03. The van der Waals surface area contributed by atoms with Crippen molar-refractivity contribution in [3.63, 3.8) is 0 Å². The van der Waals surface area contributed by atoms with Crippen LogP contribution in [-0.2, 0) is 0 Å². The number of nitrogens with two attached hydrogens (primary N) is 1. The molecule has 1 heterocycles. The third-order valence-electron chi connectivity index (χ3n) is 3.80. The second kappa shape index (κ2) is 8.49. The van der Waals surface area contributed by atoms with E-state index in [0.29, 0.717) is 22.2 Å². The van der Waals surface area contributed by atoms with Crippen LogP contribution in [0.4, 0.5) is 5.69 Å². The third kappa shape index (κ3) is 4.61. The molecule has 27 heavy (non-hydrogen) atoms. The largest absolute Gasteiger partial charge is 0.419 e. The summed E-state index contributed by atoms with van der Waals surface area (Å²) in [6, 6.07) is 12.2. The molecule has 0 unspecified atom stereocenters. The Bertz CT molecular complexity index is 1140. The number of fused-ring (bicyclic) bond motifs is 1. The number of aromatic nitrogens is 1. The fourth-order valence-corrected chi connectivity index (χ4v) is 2.36. The van der Waals surface area contributed by atoms with E-state index in [0.717, 1.165) is 11.1 Å². The molecule has 0 atom stereocenters. The van der Waals surface area contributed by atoms with Crippen molar-refractivity contribution in [3.8, 4) is 6.07 Å². The Balaban J connectivity index is 0.000000194. The van der Waals surface area contributed by atoms with Crippen molar-refractivity contribution >= 4 is 22.5 Å². The summed E-state index contributed by atoms with van der Waals surface area (Å²) in [6.45, 7) is 3.64. The number of benzene rings is 2. The van der Waals surface area contributed by atoms with Crippen LogP contribution < -0.4 is 22.4 Å². The van der Waals surface area contributed by atoms with E-state index in [1.807, 2.05) is 32.0 Å². The van der Waals surface area contributed by atoms with Gasteiger partial charge in [-0.1, -0.05) is 24.3 Å². The Labute approximate surface area is 154 Å². The molecular formula is C19H18N4O4. The number of nitrogens with one attached hydrogen (secondary N) is 2. The van der Waals surface area contributed by atoms with Gasteiger partial charge in [-0.25, -0.2) is 9.59 Å². The highest BCUT2D eigenvalue weighted by Crippen LogP contribution is 2.15. The predicted molar refractivity (Wildman–Crippen MR) is 101 cm³/mol. The van der Waals surface area contributed by atoms with E-state index in [2.05, 4.69) is 14.7 Å². The van der Waals surface area contributed by atoms with Crippen molar-refractivity contribution in [1.29, 1.82) is 5.26 Å². The first kappa shape index (κ1) is 19.5. The predicted octanol–water partition coefficient (Wildman–Crippen LogP) is 1.62. The molecule has 0 fully saturated rings. The number of hydrogen-bond donors (Lipinski definition) is 3. The first-order valence-electron chi connectivity index (χ1n) is 7.98. The molecule has 8 nitrogen and oxygen atoms in total. The number of amides is 1. The Kier molecular flexibility index (Phi) is 6.12. The van der Waals surface area contributed by atoms with Crippen LogP contribution in [0, 0.1) is 25.2 Å². The number of nitrogens with zero attached hydrogens (tertiary/aromatic N) is 1. The number of para-hydroxylation sites is 2. The molecule has 1 amide bonds. The van der Waals surface area contributed by atoms with E-state index >= 15 is 0 Å². The van der Waals surface area contributed by atoms with E-state index in [9.17, 15) is 14.4 Å². The first-order valence-corrected chi connectivity index (χ1v) is 7.98.